The minimum atomic E-state index is -0.322. The standard InChI is InChI=1S/C45H37F2NO/c1-32-7-13-35(14-8-32)44(36-15-9-33(2)10-16-36)6-4-5-34-11-25-41(26-12-34)48(42-27-29-43(49-3)30-28-42)31-45(37-17-21-39(46)22-18-37)38-19-23-40(47)24-20-38/h4-31H,1-3H3. The largest absolute Gasteiger partial charge is 0.497 e. The van der Waals surface area contributed by atoms with Crippen molar-refractivity contribution in [3.63, 3.8) is 0 Å². The van der Waals surface area contributed by atoms with Gasteiger partial charge < -0.3 is 9.64 Å². The number of hydrogen-bond acceptors (Lipinski definition) is 2. The van der Waals surface area contributed by atoms with Crippen molar-refractivity contribution in [1.29, 1.82) is 0 Å². The van der Waals surface area contributed by atoms with Crippen LogP contribution < -0.4 is 9.64 Å². The van der Waals surface area contributed by atoms with Crippen LogP contribution in [-0.2, 0) is 0 Å². The lowest BCUT2D eigenvalue weighted by Gasteiger charge is -2.24. The molecule has 242 valence electrons. The van der Waals surface area contributed by atoms with Crippen molar-refractivity contribution in [2.24, 2.45) is 0 Å². The summed E-state index contributed by atoms with van der Waals surface area (Å²) in [5.41, 5.74) is 11.2. The Kier molecular flexibility index (Phi) is 10.3. The second-order valence-electron chi connectivity index (χ2n) is 11.9. The number of aryl methyl sites for hydroxylation is 2. The highest BCUT2D eigenvalue weighted by atomic mass is 19.1. The number of ether oxygens (including phenoxy) is 1. The third-order valence-electron chi connectivity index (χ3n) is 8.37. The van der Waals surface area contributed by atoms with Gasteiger partial charge in [0.2, 0.25) is 0 Å². The molecule has 0 aromatic heterocycles. The van der Waals surface area contributed by atoms with E-state index in [1.165, 1.54) is 35.4 Å². The second kappa shape index (κ2) is 15.3. The maximum atomic E-state index is 13.9. The first-order chi connectivity index (χ1) is 23.9. The van der Waals surface area contributed by atoms with E-state index >= 15 is 0 Å². The van der Waals surface area contributed by atoms with E-state index in [1.54, 1.807) is 31.4 Å². The van der Waals surface area contributed by atoms with Crippen LogP contribution in [0.4, 0.5) is 20.2 Å². The lowest BCUT2D eigenvalue weighted by Crippen LogP contribution is -2.10. The molecule has 0 saturated heterocycles. The van der Waals surface area contributed by atoms with Crippen LogP contribution in [0, 0.1) is 25.5 Å². The first kappa shape index (κ1) is 32.9. The van der Waals surface area contributed by atoms with Crippen LogP contribution in [0.5, 0.6) is 5.75 Å². The zero-order valence-corrected chi connectivity index (χ0v) is 27.8. The van der Waals surface area contributed by atoms with Gasteiger partial charge in [0.1, 0.15) is 17.4 Å². The van der Waals surface area contributed by atoms with Gasteiger partial charge >= 0.3 is 0 Å². The molecule has 0 aliphatic carbocycles. The normalized spacial score (nSPS) is 10.9. The summed E-state index contributed by atoms with van der Waals surface area (Å²) in [4.78, 5) is 2.07. The summed E-state index contributed by atoms with van der Waals surface area (Å²) in [5.74, 6) is 0.101. The SMILES string of the molecule is COc1ccc(N(C=C(c2ccc(F)cc2)c2ccc(F)cc2)c2ccc(C=CC=C(c3ccc(C)cc3)c3ccc(C)cc3)cc2)cc1. The quantitative estimate of drug-likeness (QED) is 0.137. The number of halogens is 2. The Balaban J connectivity index is 1.37. The molecule has 0 aliphatic rings. The van der Waals surface area contributed by atoms with Crippen LogP contribution in [0.25, 0.3) is 17.2 Å². The van der Waals surface area contributed by atoms with Gasteiger partial charge in [-0.2, -0.15) is 0 Å². The van der Waals surface area contributed by atoms with Crippen LogP contribution in [0.1, 0.15) is 38.9 Å². The zero-order valence-electron chi connectivity index (χ0n) is 27.8. The van der Waals surface area contributed by atoms with Crippen molar-refractivity contribution in [3.8, 4) is 5.75 Å². The van der Waals surface area contributed by atoms with Crippen LogP contribution in [0.15, 0.2) is 164 Å². The maximum Gasteiger partial charge on any atom is 0.123 e. The summed E-state index contributed by atoms with van der Waals surface area (Å²) in [6.07, 6.45) is 8.35. The van der Waals surface area contributed by atoms with E-state index < -0.39 is 0 Å². The van der Waals surface area contributed by atoms with E-state index in [9.17, 15) is 8.78 Å². The predicted octanol–water partition coefficient (Wildman–Crippen LogP) is 12.0. The monoisotopic (exact) mass is 645 g/mol. The molecule has 0 unspecified atom stereocenters. The Morgan fingerprint density at radius 2 is 0.918 bits per heavy atom. The summed E-state index contributed by atoms with van der Waals surface area (Å²) in [7, 11) is 1.64. The lowest BCUT2D eigenvalue weighted by atomic mass is 9.96. The van der Waals surface area contributed by atoms with Crippen LogP contribution in [0.3, 0.4) is 0 Å². The molecule has 49 heavy (non-hydrogen) atoms. The summed E-state index contributed by atoms with van der Waals surface area (Å²) in [6, 6.07) is 46.0. The molecule has 0 spiro atoms. The highest BCUT2D eigenvalue weighted by Crippen LogP contribution is 2.33. The zero-order chi connectivity index (χ0) is 34.2. The molecule has 6 rings (SSSR count). The van der Waals surface area contributed by atoms with Gasteiger partial charge in [-0.15, -0.1) is 0 Å². The van der Waals surface area contributed by atoms with E-state index in [1.807, 2.05) is 30.5 Å². The minimum Gasteiger partial charge on any atom is -0.497 e. The molecule has 4 heteroatoms. The third-order valence-corrected chi connectivity index (χ3v) is 8.37. The van der Waals surface area contributed by atoms with Crippen molar-refractivity contribution in [1.82, 2.24) is 0 Å². The summed E-state index contributed by atoms with van der Waals surface area (Å²) < 4.78 is 33.3. The molecule has 2 nitrogen and oxygen atoms in total. The lowest BCUT2D eigenvalue weighted by molar-refractivity contribution is 0.415. The highest BCUT2D eigenvalue weighted by Gasteiger charge is 2.13. The molecule has 0 radical (unpaired) electrons. The van der Waals surface area contributed by atoms with Gasteiger partial charge in [0.05, 0.1) is 7.11 Å². The summed E-state index contributed by atoms with van der Waals surface area (Å²) in [6.45, 7) is 4.20. The fraction of sp³-hybridized carbons (Fsp3) is 0.0667. The Morgan fingerprint density at radius 1 is 0.510 bits per heavy atom. The van der Waals surface area contributed by atoms with Gasteiger partial charge in [0, 0.05) is 23.1 Å². The van der Waals surface area contributed by atoms with E-state index in [0.29, 0.717) is 0 Å². The molecule has 0 saturated carbocycles. The van der Waals surface area contributed by atoms with Gasteiger partial charge in [-0.25, -0.2) is 8.78 Å². The summed E-state index contributed by atoms with van der Waals surface area (Å²) >= 11 is 0. The number of rotatable bonds is 10. The van der Waals surface area contributed by atoms with Gasteiger partial charge in [-0.3, -0.25) is 0 Å². The Morgan fingerprint density at radius 3 is 1.37 bits per heavy atom. The maximum absolute atomic E-state index is 13.9. The molecule has 0 aliphatic heterocycles. The van der Waals surface area contributed by atoms with E-state index in [-0.39, 0.29) is 11.6 Å². The van der Waals surface area contributed by atoms with Crippen molar-refractivity contribution in [2.75, 3.05) is 12.0 Å². The van der Waals surface area contributed by atoms with Gasteiger partial charge in [-0.1, -0.05) is 114 Å². The van der Waals surface area contributed by atoms with Crippen molar-refractivity contribution in [2.45, 2.75) is 13.8 Å². The van der Waals surface area contributed by atoms with E-state index in [2.05, 4.69) is 110 Å². The predicted molar refractivity (Wildman–Crippen MR) is 200 cm³/mol. The van der Waals surface area contributed by atoms with E-state index in [4.69, 9.17) is 4.74 Å². The van der Waals surface area contributed by atoms with Crippen LogP contribution in [0.2, 0.25) is 0 Å². The number of allylic oxidation sites excluding steroid dienone is 2. The van der Waals surface area contributed by atoms with Gasteiger partial charge in [0.25, 0.3) is 0 Å². The first-order valence-electron chi connectivity index (χ1n) is 16.2. The van der Waals surface area contributed by atoms with Crippen LogP contribution in [-0.4, -0.2) is 7.11 Å². The topological polar surface area (TPSA) is 12.5 Å². The Labute approximate surface area is 287 Å². The molecule has 0 fully saturated rings. The molecule has 0 amide bonds. The van der Waals surface area contributed by atoms with Crippen molar-refractivity contribution < 1.29 is 13.5 Å². The average molecular weight is 646 g/mol. The second-order valence-corrected chi connectivity index (χ2v) is 11.9. The van der Waals surface area contributed by atoms with Gasteiger partial charge in [0.15, 0.2) is 0 Å². The smallest absolute Gasteiger partial charge is 0.123 e. The average Bonchev–Trinajstić information content (AvgIpc) is 3.13. The first-order valence-corrected chi connectivity index (χ1v) is 16.2. The third kappa shape index (κ3) is 8.30. The van der Waals surface area contributed by atoms with E-state index in [0.717, 1.165) is 56.1 Å². The Bertz CT molecular complexity index is 1980. The van der Waals surface area contributed by atoms with Crippen molar-refractivity contribution in [3.05, 3.63) is 215 Å². The number of methoxy groups -OCH3 is 1. The molecule has 0 bridgehead atoms. The summed E-state index contributed by atoms with van der Waals surface area (Å²) in [5, 5.41) is 0. The molecule has 0 atom stereocenters. The molecule has 0 heterocycles. The highest BCUT2D eigenvalue weighted by molar-refractivity contribution is 5.84. The molecule has 6 aromatic carbocycles. The number of benzene rings is 6. The molecular formula is C45H37F2NO. The number of hydrogen-bond donors (Lipinski definition) is 0. The molecular weight excluding hydrogens is 608 g/mol. The Hall–Kier alpha value is -6.00. The van der Waals surface area contributed by atoms with Crippen LogP contribution >= 0.6 is 0 Å². The number of anilines is 2. The molecule has 6 aromatic rings. The fourth-order valence-electron chi connectivity index (χ4n) is 5.57. The van der Waals surface area contributed by atoms with Crippen molar-refractivity contribution >= 4 is 28.6 Å². The molecule has 0 N–H and O–H groups in total. The fourth-order valence-corrected chi connectivity index (χ4v) is 5.57. The minimum absolute atomic E-state index is 0.322. The van der Waals surface area contributed by atoms with Gasteiger partial charge in [-0.05, 0) is 108 Å². The number of nitrogens with zero attached hydrogens (tertiary/aromatic N) is 1.